The van der Waals surface area contributed by atoms with Gasteiger partial charge in [-0.2, -0.15) is 5.26 Å². The van der Waals surface area contributed by atoms with E-state index in [1.807, 2.05) is 13.8 Å². The second-order valence-electron chi connectivity index (χ2n) is 6.30. The Labute approximate surface area is 142 Å². The molecule has 1 saturated heterocycles. The van der Waals surface area contributed by atoms with Crippen LogP contribution in [0.3, 0.4) is 0 Å². The first-order valence-corrected chi connectivity index (χ1v) is 8.29. The van der Waals surface area contributed by atoms with Gasteiger partial charge in [0, 0.05) is 18.3 Å². The molecule has 2 aromatic heterocycles. The summed E-state index contributed by atoms with van der Waals surface area (Å²) in [6.07, 6.45) is 3.82. The van der Waals surface area contributed by atoms with Crippen molar-refractivity contribution in [3.05, 3.63) is 40.9 Å². The molecule has 0 spiro atoms. The number of pyridine rings is 1. The maximum Gasteiger partial charge on any atom is 0.231 e. The number of aryl methyl sites for hydroxylation is 2. The maximum atomic E-state index is 9.07. The molecule has 2 aromatic rings. The summed E-state index contributed by atoms with van der Waals surface area (Å²) in [4.78, 5) is 6.58. The first-order chi connectivity index (χ1) is 11.7. The van der Waals surface area contributed by atoms with E-state index < -0.39 is 0 Å². The summed E-state index contributed by atoms with van der Waals surface area (Å²) in [5, 5.41) is 13.1. The van der Waals surface area contributed by atoms with Crippen LogP contribution >= 0.6 is 0 Å². The first-order valence-electron chi connectivity index (χ1n) is 8.29. The van der Waals surface area contributed by atoms with Gasteiger partial charge in [-0.1, -0.05) is 5.16 Å². The minimum Gasteiger partial charge on any atom is -0.476 e. The van der Waals surface area contributed by atoms with Gasteiger partial charge in [0.2, 0.25) is 5.88 Å². The lowest BCUT2D eigenvalue weighted by atomic mass is 9.97. The van der Waals surface area contributed by atoms with E-state index in [1.54, 1.807) is 18.3 Å². The molecule has 24 heavy (non-hydrogen) atoms. The Morgan fingerprint density at radius 1 is 1.38 bits per heavy atom. The van der Waals surface area contributed by atoms with Gasteiger partial charge >= 0.3 is 0 Å². The normalized spacial score (nSPS) is 16.0. The smallest absolute Gasteiger partial charge is 0.231 e. The van der Waals surface area contributed by atoms with Crippen molar-refractivity contribution in [2.45, 2.75) is 33.2 Å². The van der Waals surface area contributed by atoms with Crippen molar-refractivity contribution in [1.82, 2.24) is 15.0 Å². The standard InChI is InChI=1S/C18H22N4O2/c1-13-17(14(2)24-21-13)11-22-8-5-15(6-9-22)12-23-18-16(10-19)4-3-7-20-18/h3-4,7,15H,5-6,8-9,11-12H2,1-2H3. The van der Waals surface area contributed by atoms with Crippen LogP contribution in [0.5, 0.6) is 5.88 Å². The summed E-state index contributed by atoms with van der Waals surface area (Å²) in [6.45, 7) is 7.54. The van der Waals surface area contributed by atoms with Crippen LogP contribution in [0.4, 0.5) is 0 Å². The van der Waals surface area contributed by atoms with E-state index in [-0.39, 0.29) is 0 Å². The summed E-state index contributed by atoms with van der Waals surface area (Å²) in [7, 11) is 0. The van der Waals surface area contributed by atoms with Gasteiger partial charge in [0.05, 0.1) is 12.3 Å². The fourth-order valence-electron chi connectivity index (χ4n) is 3.05. The molecule has 1 aliphatic rings. The van der Waals surface area contributed by atoms with E-state index >= 15 is 0 Å². The van der Waals surface area contributed by atoms with Crippen LogP contribution in [-0.2, 0) is 6.54 Å². The zero-order valence-corrected chi connectivity index (χ0v) is 14.2. The summed E-state index contributed by atoms with van der Waals surface area (Å²) < 4.78 is 11.0. The average molecular weight is 326 g/mol. The number of rotatable bonds is 5. The summed E-state index contributed by atoms with van der Waals surface area (Å²) in [5.41, 5.74) is 2.68. The van der Waals surface area contributed by atoms with Crippen molar-refractivity contribution >= 4 is 0 Å². The molecule has 1 aliphatic heterocycles. The molecule has 0 saturated carbocycles. The molecule has 0 unspecified atom stereocenters. The highest BCUT2D eigenvalue weighted by atomic mass is 16.5. The molecule has 126 valence electrons. The number of aromatic nitrogens is 2. The lowest BCUT2D eigenvalue weighted by Gasteiger charge is -2.31. The average Bonchev–Trinajstić information content (AvgIpc) is 2.93. The first kappa shape index (κ1) is 16.5. The van der Waals surface area contributed by atoms with E-state index in [1.165, 1.54) is 5.56 Å². The van der Waals surface area contributed by atoms with Crippen LogP contribution in [0.25, 0.3) is 0 Å². The van der Waals surface area contributed by atoms with Gasteiger partial charge < -0.3 is 9.26 Å². The molecule has 0 atom stereocenters. The highest BCUT2D eigenvalue weighted by molar-refractivity contribution is 5.36. The quantitative estimate of drug-likeness (QED) is 0.841. The molecule has 3 rings (SSSR count). The molecule has 0 radical (unpaired) electrons. The van der Waals surface area contributed by atoms with Gasteiger partial charge in [0.25, 0.3) is 0 Å². The van der Waals surface area contributed by atoms with E-state index in [2.05, 4.69) is 21.1 Å². The number of hydrogen-bond acceptors (Lipinski definition) is 6. The Morgan fingerprint density at radius 3 is 2.83 bits per heavy atom. The van der Waals surface area contributed by atoms with Gasteiger partial charge in [-0.15, -0.1) is 0 Å². The number of likely N-dealkylation sites (tertiary alicyclic amines) is 1. The molecule has 0 bridgehead atoms. The monoisotopic (exact) mass is 326 g/mol. The zero-order chi connectivity index (χ0) is 16.9. The molecule has 0 amide bonds. The van der Waals surface area contributed by atoms with Gasteiger partial charge in [0.15, 0.2) is 0 Å². The van der Waals surface area contributed by atoms with Crippen LogP contribution in [0.1, 0.15) is 35.4 Å². The summed E-state index contributed by atoms with van der Waals surface area (Å²) in [6, 6.07) is 5.59. The van der Waals surface area contributed by atoms with Crippen LogP contribution in [-0.4, -0.2) is 34.7 Å². The molecule has 1 fully saturated rings. The Morgan fingerprint density at radius 2 is 2.17 bits per heavy atom. The van der Waals surface area contributed by atoms with Crippen molar-refractivity contribution < 1.29 is 9.26 Å². The van der Waals surface area contributed by atoms with Crippen molar-refractivity contribution in [1.29, 1.82) is 5.26 Å². The molecule has 3 heterocycles. The van der Waals surface area contributed by atoms with Crippen molar-refractivity contribution in [3.8, 4) is 11.9 Å². The van der Waals surface area contributed by atoms with E-state index in [9.17, 15) is 0 Å². The SMILES string of the molecule is Cc1noc(C)c1CN1CCC(COc2ncccc2C#N)CC1. The van der Waals surface area contributed by atoms with Gasteiger partial charge in [0.1, 0.15) is 17.4 Å². The van der Waals surface area contributed by atoms with Crippen molar-refractivity contribution in [2.24, 2.45) is 5.92 Å². The lowest BCUT2D eigenvalue weighted by molar-refractivity contribution is 0.134. The number of nitrogens with zero attached hydrogens (tertiary/aromatic N) is 4. The summed E-state index contributed by atoms with van der Waals surface area (Å²) in [5.74, 6) is 1.86. The Hall–Kier alpha value is -2.39. The fraction of sp³-hybridized carbons (Fsp3) is 0.500. The summed E-state index contributed by atoms with van der Waals surface area (Å²) >= 11 is 0. The Kier molecular flexibility index (Phi) is 5.11. The minimum atomic E-state index is 0.443. The predicted octanol–water partition coefficient (Wildman–Crippen LogP) is 2.85. The lowest BCUT2D eigenvalue weighted by Crippen LogP contribution is -2.35. The van der Waals surface area contributed by atoms with Crippen LogP contribution in [0.15, 0.2) is 22.9 Å². The van der Waals surface area contributed by atoms with E-state index in [4.69, 9.17) is 14.5 Å². The second-order valence-corrected chi connectivity index (χ2v) is 6.30. The highest BCUT2D eigenvalue weighted by Crippen LogP contribution is 2.23. The fourth-order valence-corrected chi connectivity index (χ4v) is 3.05. The van der Waals surface area contributed by atoms with E-state index in [0.717, 1.165) is 43.9 Å². The van der Waals surface area contributed by atoms with Crippen LogP contribution in [0, 0.1) is 31.1 Å². The Bertz CT molecular complexity index is 707. The molecule has 6 heteroatoms. The highest BCUT2D eigenvalue weighted by Gasteiger charge is 2.22. The molecule has 0 N–H and O–H groups in total. The third-order valence-corrected chi connectivity index (χ3v) is 4.62. The van der Waals surface area contributed by atoms with Gasteiger partial charge in [-0.3, -0.25) is 4.90 Å². The van der Waals surface area contributed by atoms with E-state index in [0.29, 0.717) is 24.0 Å². The van der Waals surface area contributed by atoms with Crippen LogP contribution in [0.2, 0.25) is 0 Å². The third-order valence-electron chi connectivity index (χ3n) is 4.62. The van der Waals surface area contributed by atoms with Gasteiger partial charge in [-0.05, 0) is 57.8 Å². The predicted molar refractivity (Wildman–Crippen MR) is 88.4 cm³/mol. The molecule has 0 aliphatic carbocycles. The van der Waals surface area contributed by atoms with Gasteiger partial charge in [-0.25, -0.2) is 4.98 Å². The zero-order valence-electron chi connectivity index (χ0n) is 14.2. The number of ether oxygens (including phenoxy) is 1. The minimum absolute atomic E-state index is 0.443. The Balaban J connectivity index is 1.48. The van der Waals surface area contributed by atoms with Crippen LogP contribution < -0.4 is 4.74 Å². The van der Waals surface area contributed by atoms with Crippen molar-refractivity contribution in [2.75, 3.05) is 19.7 Å². The number of hydrogen-bond donors (Lipinski definition) is 0. The molecule has 6 nitrogen and oxygen atoms in total. The van der Waals surface area contributed by atoms with Crippen molar-refractivity contribution in [3.63, 3.8) is 0 Å². The maximum absolute atomic E-state index is 9.07. The third kappa shape index (κ3) is 3.74. The topological polar surface area (TPSA) is 75.2 Å². The molecular formula is C18H22N4O2. The number of piperidine rings is 1. The largest absolute Gasteiger partial charge is 0.476 e. The molecular weight excluding hydrogens is 304 g/mol. The molecule has 0 aromatic carbocycles. The number of nitriles is 1. The second kappa shape index (κ2) is 7.45.